The SMILES string of the molecule is CCOC(=O)c1c(NC(=O)c2cccc(OCC(C)C)c2)sc(C(=O)OC)c1C. The highest BCUT2D eigenvalue weighted by atomic mass is 32.1. The van der Waals surface area contributed by atoms with Crippen LogP contribution in [0.5, 0.6) is 5.75 Å². The van der Waals surface area contributed by atoms with E-state index in [0.717, 1.165) is 11.3 Å². The molecule has 2 rings (SSSR count). The van der Waals surface area contributed by atoms with Gasteiger partial charge in [0.1, 0.15) is 15.6 Å². The van der Waals surface area contributed by atoms with Gasteiger partial charge in [0.05, 0.1) is 25.9 Å². The van der Waals surface area contributed by atoms with Crippen LogP contribution in [0.25, 0.3) is 0 Å². The Bertz CT molecular complexity index is 903. The van der Waals surface area contributed by atoms with Gasteiger partial charge in [-0.2, -0.15) is 0 Å². The van der Waals surface area contributed by atoms with E-state index in [4.69, 9.17) is 14.2 Å². The summed E-state index contributed by atoms with van der Waals surface area (Å²) in [4.78, 5) is 37.4. The number of carbonyl (C=O) groups is 3. The van der Waals surface area contributed by atoms with Crippen molar-refractivity contribution >= 4 is 34.2 Å². The first-order valence-electron chi connectivity index (χ1n) is 9.21. The summed E-state index contributed by atoms with van der Waals surface area (Å²) >= 11 is 0.976. The van der Waals surface area contributed by atoms with Gasteiger partial charge in [-0.1, -0.05) is 19.9 Å². The molecule has 156 valence electrons. The monoisotopic (exact) mass is 419 g/mol. The molecule has 1 aromatic carbocycles. The minimum absolute atomic E-state index is 0.151. The molecule has 8 heteroatoms. The molecule has 0 fully saturated rings. The van der Waals surface area contributed by atoms with Crippen molar-refractivity contribution in [1.82, 2.24) is 0 Å². The third-order valence-electron chi connectivity index (χ3n) is 3.90. The van der Waals surface area contributed by atoms with Crippen LogP contribution in [0.4, 0.5) is 5.00 Å². The molecule has 2 aromatic rings. The number of esters is 2. The van der Waals surface area contributed by atoms with E-state index in [1.807, 2.05) is 13.8 Å². The van der Waals surface area contributed by atoms with Gasteiger partial charge in [0, 0.05) is 5.56 Å². The van der Waals surface area contributed by atoms with Gasteiger partial charge in [0.2, 0.25) is 0 Å². The van der Waals surface area contributed by atoms with Crippen molar-refractivity contribution in [2.24, 2.45) is 5.92 Å². The van der Waals surface area contributed by atoms with E-state index >= 15 is 0 Å². The molecule has 0 saturated heterocycles. The molecule has 1 N–H and O–H groups in total. The lowest BCUT2D eigenvalue weighted by Crippen LogP contribution is -2.15. The first-order valence-corrected chi connectivity index (χ1v) is 10.0. The van der Waals surface area contributed by atoms with Crippen molar-refractivity contribution in [3.05, 3.63) is 45.8 Å². The molecule has 0 spiro atoms. The maximum absolute atomic E-state index is 12.8. The summed E-state index contributed by atoms with van der Waals surface area (Å²) in [5, 5.41) is 2.95. The summed E-state index contributed by atoms with van der Waals surface area (Å²) < 4.78 is 15.5. The van der Waals surface area contributed by atoms with Gasteiger partial charge in [-0.15, -0.1) is 11.3 Å². The first kappa shape index (κ1) is 22.4. The average molecular weight is 419 g/mol. The average Bonchev–Trinajstić information content (AvgIpc) is 3.02. The van der Waals surface area contributed by atoms with Gasteiger partial charge in [-0.3, -0.25) is 4.79 Å². The highest BCUT2D eigenvalue weighted by Gasteiger charge is 2.27. The van der Waals surface area contributed by atoms with E-state index in [-0.39, 0.29) is 22.0 Å². The Balaban J connectivity index is 2.32. The van der Waals surface area contributed by atoms with Crippen molar-refractivity contribution in [2.75, 3.05) is 25.6 Å². The van der Waals surface area contributed by atoms with Crippen molar-refractivity contribution in [1.29, 1.82) is 0 Å². The lowest BCUT2D eigenvalue weighted by atomic mass is 10.1. The number of thiophene rings is 1. The van der Waals surface area contributed by atoms with Crippen LogP contribution in [0, 0.1) is 12.8 Å². The Hall–Kier alpha value is -2.87. The van der Waals surface area contributed by atoms with E-state index in [0.29, 0.717) is 29.4 Å². The largest absolute Gasteiger partial charge is 0.493 e. The summed E-state index contributed by atoms with van der Waals surface area (Å²) in [6.45, 7) is 8.07. The number of carbonyl (C=O) groups excluding carboxylic acids is 3. The summed E-state index contributed by atoms with van der Waals surface area (Å²) in [6, 6.07) is 6.76. The number of rotatable bonds is 8. The fraction of sp³-hybridized carbons (Fsp3) is 0.381. The van der Waals surface area contributed by atoms with E-state index in [1.165, 1.54) is 7.11 Å². The van der Waals surface area contributed by atoms with Crippen molar-refractivity contribution in [3.63, 3.8) is 0 Å². The molecule has 1 aromatic heterocycles. The molecule has 0 unspecified atom stereocenters. The topological polar surface area (TPSA) is 90.9 Å². The van der Waals surface area contributed by atoms with Gasteiger partial charge in [0.25, 0.3) is 5.91 Å². The highest BCUT2D eigenvalue weighted by molar-refractivity contribution is 7.18. The molecule has 1 amide bonds. The summed E-state index contributed by atoms with van der Waals surface area (Å²) in [7, 11) is 1.26. The van der Waals surface area contributed by atoms with Crippen LogP contribution in [0.15, 0.2) is 24.3 Å². The summed E-state index contributed by atoms with van der Waals surface area (Å²) in [5.74, 6) is -0.688. The zero-order chi connectivity index (χ0) is 21.6. The molecule has 0 atom stereocenters. The van der Waals surface area contributed by atoms with E-state index in [9.17, 15) is 14.4 Å². The van der Waals surface area contributed by atoms with Crippen molar-refractivity contribution in [2.45, 2.75) is 27.7 Å². The highest BCUT2D eigenvalue weighted by Crippen LogP contribution is 2.34. The van der Waals surface area contributed by atoms with E-state index in [2.05, 4.69) is 5.32 Å². The molecule has 1 heterocycles. The predicted octanol–water partition coefficient (Wildman–Crippen LogP) is 4.31. The number of amides is 1. The Morgan fingerprint density at radius 3 is 2.52 bits per heavy atom. The summed E-state index contributed by atoms with van der Waals surface area (Å²) in [6.07, 6.45) is 0. The van der Waals surface area contributed by atoms with Crippen LogP contribution in [-0.2, 0) is 9.47 Å². The Morgan fingerprint density at radius 2 is 1.90 bits per heavy atom. The third kappa shape index (κ3) is 5.57. The molecular weight excluding hydrogens is 394 g/mol. The Labute approximate surface area is 174 Å². The smallest absolute Gasteiger partial charge is 0.348 e. The zero-order valence-corrected chi connectivity index (χ0v) is 18.0. The second-order valence-corrected chi connectivity index (χ2v) is 7.68. The van der Waals surface area contributed by atoms with Gasteiger partial charge < -0.3 is 19.5 Å². The first-order chi connectivity index (χ1) is 13.8. The van der Waals surface area contributed by atoms with Crippen LogP contribution in [0.2, 0.25) is 0 Å². The fourth-order valence-corrected chi connectivity index (χ4v) is 3.61. The number of hydrogen-bond donors (Lipinski definition) is 1. The Morgan fingerprint density at radius 1 is 1.17 bits per heavy atom. The second kappa shape index (κ2) is 10.1. The van der Waals surface area contributed by atoms with Crippen molar-refractivity contribution < 1.29 is 28.6 Å². The quantitative estimate of drug-likeness (QED) is 0.641. The van der Waals surface area contributed by atoms with Gasteiger partial charge in [-0.05, 0) is 43.5 Å². The third-order valence-corrected chi connectivity index (χ3v) is 5.09. The second-order valence-electron chi connectivity index (χ2n) is 6.66. The fourth-order valence-electron chi connectivity index (χ4n) is 2.50. The van der Waals surface area contributed by atoms with E-state index in [1.54, 1.807) is 38.1 Å². The zero-order valence-electron chi connectivity index (χ0n) is 17.2. The molecule has 7 nitrogen and oxygen atoms in total. The van der Waals surface area contributed by atoms with Crippen molar-refractivity contribution in [3.8, 4) is 5.75 Å². The van der Waals surface area contributed by atoms with Gasteiger partial charge in [0.15, 0.2) is 0 Å². The number of anilines is 1. The number of benzene rings is 1. The molecule has 0 aliphatic carbocycles. The minimum atomic E-state index is -0.610. The van der Waals surface area contributed by atoms with Crippen LogP contribution < -0.4 is 10.1 Å². The number of hydrogen-bond acceptors (Lipinski definition) is 7. The molecule has 0 radical (unpaired) electrons. The maximum atomic E-state index is 12.8. The normalized spacial score (nSPS) is 10.6. The Kier molecular flexibility index (Phi) is 7.78. The van der Waals surface area contributed by atoms with Crippen LogP contribution in [0.1, 0.15) is 56.7 Å². The molecule has 0 aliphatic heterocycles. The molecule has 0 aliphatic rings. The summed E-state index contributed by atoms with van der Waals surface area (Å²) in [5.41, 5.74) is 0.925. The lowest BCUT2D eigenvalue weighted by molar-refractivity contribution is 0.0527. The molecule has 0 saturated carbocycles. The van der Waals surface area contributed by atoms with Gasteiger partial charge in [-0.25, -0.2) is 9.59 Å². The minimum Gasteiger partial charge on any atom is -0.493 e. The van der Waals surface area contributed by atoms with Gasteiger partial charge >= 0.3 is 11.9 Å². The van der Waals surface area contributed by atoms with Crippen LogP contribution in [-0.4, -0.2) is 38.2 Å². The maximum Gasteiger partial charge on any atom is 0.348 e. The number of ether oxygens (including phenoxy) is 3. The van der Waals surface area contributed by atoms with Crippen LogP contribution in [0.3, 0.4) is 0 Å². The number of nitrogens with one attached hydrogen (secondary N) is 1. The van der Waals surface area contributed by atoms with E-state index < -0.39 is 17.8 Å². The standard InChI is InChI=1S/C21H25NO6S/c1-6-27-20(24)16-13(4)17(21(25)26-5)29-19(16)22-18(23)14-8-7-9-15(10-14)28-11-12(2)3/h7-10,12H,6,11H2,1-5H3,(H,22,23). The molecule has 0 bridgehead atoms. The number of methoxy groups -OCH3 is 1. The molecule has 29 heavy (non-hydrogen) atoms. The molecular formula is C21H25NO6S. The predicted molar refractivity (Wildman–Crippen MR) is 111 cm³/mol. The van der Waals surface area contributed by atoms with Crippen LogP contribution >= 0.6 is 11.3 Å². The lowest BCUT2D eigenvalue weighted by Gasteiger charge is -2.10.